The molecule has 0 saturated heterocycles. The topological polar surface area (TPSA) is 59.4 Å². The van der Waals surface area contributed by atoms with Crippen molar-refractivity contribution in [1.82, 2.24) is 4.98 Å². The molecule has 0 bridgehead atoms. The number of rotatable bonds is 9. The minimum absolute atomic E-state index is 0.138. The van der Waals surface area contributed by atoms with Gasteiger partial charge in [-0.2, -0.15) is 0 Å². The van der Waals surface area contributed by atoms with Gasteiger partial charge in [0.05, 0.1) is 5.92 Å². The van der Waals surface area contributed by atoms with Crippen molar-refractivity contribution < 1.29 is 14.6 Å². The second kappa shape index (κ2) is 8.91. The molecular formula is C25H27NO3. The molecule has 1 N–H and O–H groups in total. The smallest absolute Gasteiger partial charge is 0.307 e. The summed E-state index contributed by atoms with van der Waals surface area (Å²) < 4.78 is 5.89. The number of aliphatic carboxylic acids is 1. The predicted molar refractivity (Wildman–Crippen MR) is 116 cm³/mol. The zero-order chi connectivity index (χ0) is 21.0. The molecule has 1 aromatic heterocycles. The lowest BCUT2D eigenvalue weighted by molar-refractivity contribution is -0.139. The molecule has 29 heavy (non-hydrogen) atoms. The molecule has 0 aromatic carbocycles. The lowest BCUT2D eigenvalue weighted by Crippen LogP contribution is -2.06. The monoisotopic (exact) mass is 389 g/mol. The average Bonchev–Trinajstić information content (AvgIpc) is 3.29. The molecule has 1 fully saturated rings. The van der Waals surface area contributed by atoms with Crippen molar-refractivity contribution in [2.45, 2.75) is 26.2 Å². The van der Waals surface area contributed by atoms with E-state index < -0.39 is 5.97 Å². The first kappa shape index (κ1) is 20.6. The van der Waals surface area contributed by atoms with Gasteiger partial charge in [0, 0.05) is 18.2 Å². The number of hydrogen-bond donors (Lipinski definition) is 1. The van der Waals surface area contributed by atoms with Crippen molar-refractivity contribution in [3.63, 3.8) is 0 Å². The van der Waals surface area contributed by atoms with Crippen LogP contribution in [0.25, 0.3) is 0 Å². The summed E-state index contributed by atoms with van der Waals surface area (Å²) >= 11 is 0. The van der Waals surface area contributed by atoms with Gasteiger partial charge in [0.1, 0.15) is 6.61 Å². The first-order chi connectivity index (χ1) is 14.0. The standard InChI is InChI=1S/C25H27NO3/c1-5-8-17(9-6-2)18(10-7-3)11-16(4)15-29-22-13-19-12-20-23(21(19)14-26-22)24(20)25(27)28/h5-11,13-14,20,23-24H,1,3,12,15H2,2,4H3,(H,27,28)/b9-6-,16-11+,17-8+,18-10+. The number of nitrogens with zero attached hydrogens (tertiary/aromatic N) is 1. The molecule has 1 heterocycles. The molecule has 0 amide bonds. The van der Waals surface area contributed by atoms with Crippen LogP contribution in [0.1, 0.15) is 30.9 Å². The fourth-order valence-corrected chi connectivity index (χ4v) is 4.09. The van der Waals surface area contributed by atoms with Crippen LogP contribution in [0.15, 0.2) is 84.7 Å². The van der Waals surface area contributed by atoms with E-state index in [0.717, 1.165) is 28.7 Å². The highest BCUT2D eigenvalue weighted by Gasteiger charge is 2.59. The molecule has 1 saturated carbocycles. The van der Waals surface area contributed by atoms with Crippen LogP contribution >= 0.6 is 0 Å². The number of carbonyl (C=O) groups is 1. The van der Waals surface area contributed by atoms with Gasteiger partial charge in [-0.3, -0.25) is 4.79 Å². The summed E-state index contributed by atoms with van der Waals surface area (Å²) in [5.74, 6) is 0.0203. The molecular weight excluding hydrogens is 362 g/mol. The second-order valence-corrected chi connectivity index (χ2v) is 7.47. The number of carboxylic acid groups (broad SMARTS) is 1. The van der Waals surface area contributed by atoms with Crippen molar-refractivity contribution in [3.8, 4) is 5.88 Å². The Kier molecular flexibility index (Phi) is 6.32. The molecule has 4 nitrogen and oxygen atoms in total. The normalized spacial score (nSPS) is 23.5. The van der Waals surface area contributed by atoms with Crippen LogP contribution in [-0.2, 0) is 11.2 Å². The number of hydrogen-bond acceptors (Lipinski definition) is 3. The summed E-state index contributed by atoms with van der Waals surface area (Å²) in [6, 6.07) is 1.96. The van der Waals surface area contributed by atoms with E-state index in [1.54, 1.807) is 18.3 Å². The third kappa shape index (κ3) is 4.48. The van der Waals surface area contributed by atoms with Gasteiger partial charge in [0.15, 0.2) is 0 Å². The van der Waals surface area contributed by atoms with Crippen LogP contribution in [0.3, 0.4) is 0 Å². The third-order valence-corrected chi connectivity index (χ3v) is 5.39. The van der Waals surface area contributed by atoms with Crippen LogP contribution < -0.4 is 4.74 Å². The van der Waals surface area contributed by atoms with Crippen molar-refractivity contribution in [3.05, 3.63) is 95.8 Å². The molecule has 0 radical (unpaired) electrons. The number of allylic oxidation sites excluding steroid dienone is 9. The average molecular weight is 389 g/mol. The van der Waals surface area contributed by atoms with Gasteiger partial charge in [-0.15, -0.1) is 0 Å². The Hall–Kier alpha value is -3.14. The first-order valence-corrected chi connectivity index (χ1v) is 9.80. The fraction of sp³-hybridized carbons (Fsp3) is 0.280. The molecule has 150 valence electrons. The Morgan fingerprint density at radius 3 is 2.69 bits per heavy atom. The number of aromatic nitrogens is 1. The van der Waals surface area contributed by atoms with E-state index >= 15 is 0 Å². The van der Waals surface area contributed by atoms with Crippen LogP contribution in [0, 0.1) is 11.8 Å². The van der Waals surface area contributed by atoms with Gasteiger partial charge in [0.2, 0.25) is 5.88 Å². The summed E-state index contributed by atoms with van der Waals surface area (Å²) in [5, 5.41) is 9.23. The van der Waals surface area contributed by atoms with Crippen molar-refractivity contribution in [2.24, 2.45) is 11.8 Å². The molecule has 4 heteroatoms. The highest BCUT2D eigenvalue weighted by atomic mass is 16.5. The van der Waals surface area contributed by atoms with E-state index in [-0.39, 0.29) is 17.8 Å². The zero-order valence-corrected chi connectivity index (χ0v) is 17.0. The Labute approximate surface area is 172 Å². The quantitative estimate of drug-likeness (QED) is 0.591. The molecule has 3 unspecified atom stereocenters. The number of pyridine rings is 1. The number of fused-ring (bicyclic) bond motifs is 3. The minimum Gasteiger partial charge on any atom is -0.481 e. The SMILES string of the molecule is C=C/C=C(\C=C/C)C(/C=C(\C)COc1cc2c(cn1)C1C(C2)C1C(=O)O)=C/C=C. The molecule has 1 aromatic rings. The molecule has 2 aliphatic carbocycles. The maximum absolute atomic E-state index is 11.2. The zero-order valence-electron chi connectivity index (χ0n) is 17.0. The van der Waals surface area contributed by atoms with Gasteiger partial charge in [-0.05, 0) is 54.0 Å². The number of ether oxygens (including phenoxy) is 1. The van der Waals surface area contributed by atoms with Crippen molar-refractivity contribution in [1.29, 1.82) is 0 Å². The highest BCUT2D eigenvalue weighted by molar-refractivity contribution is 5.77. The minimum atomic E-state index is -0.696. The Morgan fingerprint density at radius 2 is 2.03 bits per heavy atom. The summed E-state index contributed by atoms with van der Waals surface area (Å²) in [6.07, 6.45) is 16.1. The van der Waals surface area contributed by atoms with Crippen molar-refractivity contribution >= 4 is 5.97 Å². The van der Waals surface area contributed by atoms with Crippen molar-refractivity contribution in [2.75, 3.05) is 6.61 Å². The van der Waals surface area contributed by atoms with E-state index in [1.807, 2.05) is 44.2 Å². The first-order valence-electron chi connectivity index (χ1n) is 9.80. The summed E-state index contributed by atoms with van der Waals surface area (Å²) in [4.78, 5) is 15.6. The van der Waals surface area contributed by atoms with Gasteiger partial charge in [-0.1, -0.05) is 55.7 Å². The molecule has 3 atom stereocenters. The van der Waals surface area contributed by atoms with E-state index in [1.165, 1.54) is 5.56 Å². The highest BCUT2D eigenvalue weighted by Crippen LogP contribution is 2.61. The summed E-state index contributed by atoms with van der Waals surface area (Å²) in [7, 11) is 0. The van der Waals surface area contributed by atoms with Gasteiger partial charge in [-0.25, -0.2) is 4.98 Å². The van der Waals surface area contributed by atoms with Gasteiger partial charge >= 0.3 is 5.97 Å². The Balaban J connectivity index is 1.67. The summed E-state index contributed by atoms with van der Waals surface area (Å²) in [6.45, 7) is 12.0. The molecule has 3 rings (SSSR count). The molecule has 0 spiro atoms. The third-order valence-electron chi connectivity index (χ3n) is 5.39. The molecule has 2 aliphatic rings. The maximum Gasteiger partial charge on any atom is 0.307 e. The Bertz CT molecular complexity index is 949. The largest absolute Gasteiger partial charge is 0.481 e. The van der Waals surface area contributed by atoms with Crippen LogP contribution in [0.2, 0.25) is 0 Å². The summed E-state index contributed by atoms with van der Waals surface area (Å²) in [5.41, 5.74) is 5.36. The van der Waals surface area contributed by atoms with Gasteiger partial charge in [0.25, 0.3) is 0 Å². The van der Waals surface area contributed by atoms with E-state index in [0.29, 0.717) is 12.5 Å². The fourth-order valence-electron chi connectivity index (χ4n) is 4.09. The van der Waals surface area contributed by atoms with E-state index in [9.17, 15) is 9.90 Å². The maximum atomic E-state index is 11.2. The van der Waals surface area contributed by atoms with Crippen LogP contribution in [-0.4, -0.2) is 22.7 Å². The number of carboxylic acids is 1. The lowest BCUT2D eigenvalue weighted by atomic mass is 10.0. The van der Waals surface area contributed by atoms with Crippen LogP contribution in [0.4, 0.5) is 0 Å². The Morgan fingerprint density at radius 1 is 1.31 bits per heavy atom. The lowest BCUT2D eigenvalue weighted by Gasteiger charge is -2.10. The van der Waals surface area contributed by atoms with E-state index in [2.05, 4.69) is 24.2 Å². The predicted octanol–water partition coefficient (Wildman–Crippen LogP) is 5.18. The molecule has 0 aliphatic heterocycles. The second-order valence-electron chi connectivity index (χ2n) is 7.47. The van der Waals surface area contributed by atoms with Gasteiger partial charge < -0.3 is 9.84 Å². The van der Waals surface area contributed by atoms with Crippen LogP contribution in [0.5, 0.6) is 5.88 Å². The van der Waals surface area contributed by atoms with E-state index in [4.69, 9.17) is 4.74 Å².